The number of benzene rings is 1. The normalized spacial score (nSPS) is 19.4. The molecule has 0 aliphatic carbocycles. The van der Waals surface area contributed by atoms with Gasteiger partial charge in [-0.05, 0) is 30.4 Å². The Bertz CT molecular complexity index is 439. The highest BCUT2D eigenvalue weighted by Crippen LogP contribution is 2.31. The van der Waals surface area contributed by atoms with E-state index >= 15 is 0 Å². The van der Waals surface area contributed by atoms with Crippen LogP contribution >= 0.6 is 0 Å². The van der Waals surface area contributed by atoms with Crippen LogP contribution in [0.3, 0.4) is 0 Å². The average Bonchev–Trinajstić information content (AvgIpc) is 2.48. The van der Waals surface area contributed by atoms with E-state index < -0.39 is 0 Å². The summed E-state index contributed by atoms with van der Waals surface area (Å²) in [6, 6.07) is 8.38. The van der Waals surface area contributed by atoms with Gasteiger partial charge in [-0.1, -0.05) is 51.0 Å². The van der Waals surface area contributed by atoms with Crippen molar-refractivity contribution in [3.8, 4) is 0 Å². The Kier molecular flexibility index (Phi) is 5.78. The number of unbranched alkanes of at least 4 members (excludes halogenated alkanes) is 1. The van der Waals surface area contributed by atoms with E-state index in [4.69, 9.17) is 4.74 Å². The molecule has 110 valence electrons. The molecule has 1 heterocycles. The summed E-state index contributed by atoms with van der Waals surface area (Å²) in [5.41, 5.74) is 2.57. The lowest BCUT2D eigenvalue weighted by Crippen LogP contribution is -2.22. The lowest BCUT2D eigenvalue weighted by Gasteiger charge is -2.26. The molecule has 2 atom stereocenters. The number of hydrogen-bond donors (Lipinski definition) is 0. The van der Waals surface area contributed by atoms with Crippen LogP contribution < -0.4 is 0 Å². The summed E-state index contributed by atoms with van der Waals surface area (Å²) >= 11 is 0. The molecular weight excluding hydrogens is 248 g/mol. The molecule has 1 aromatic carbocycles. The Morgan fingerprint density at radius 1 is 1.35 bits per heavy atom. The number of rotatable bonds is 7. The van der Waals surface area contributed by atoms with Crippen LogP contribution in [0.2, 0.25) is 0 Å². The van der Waals surface area contributed by atoms with Gasteiger partial charge < -0.3 is 4.74 Å². The number of Topliss-reactive ketones (excluding diaryl/α,β-unsaturated/α-hetero) is 1. The van der Waals surface area contributed by atoms with E-state index in [1.165, 1.54) is 11.1 Å². The maximum absolute atomic E-state index is 12.5. The molecule has 1 aliphatic heterocycles. The fraction of sp³-hybridized carbons (Fsp3) is 0.611. The van der Waals surface area contributed by atoms with Gasteiger partial charge in [0.15, 0.2) is 0 Å². The van der Waals surface area contributed by atoms with Crippen molar-refractivity contribution >= 4 is 5.78 Å². The van der Waals surface area contributed by atoms with Crippen LogP contribution in [0, 0.1) is 5.92 Å². The zero-order valence-corrected chi connectivity index (χ0v) is 12.7. The van der Waals surface area contributed by atoms with Crippen molar-refractivity contribution < 1.29 is 9.53 Å². The third kappa shape index (κ3) is 3.69. The van der Waals surface area contributed by atoms with Crippen molar-refractivity contribution in [3.63, 3.8) is 0 Å². The van der Waals surface area contributed by atoms with Gasteiger partial charge in [0, 0.05) is 12.3 Å². The second-order valence-electron chi connectivity index (χ2n) is 5.73. The number of fused-ring (bicyclic) bond motifs is 1. The number of carbonyl (C=O) groups excluding carboxylic acids is 1. The van der Waals surface area contributed by atoms with Crippen LogP contribution in [0.25, 0.3) is 0 Å². The van der Waals surface area contributed by atoms with Crippen LogP contribution in [0.5, 0.6) is 0 Å². The lowest BCUT2D eigenvalue weighted by atomic mass is 9.88. The van der Waals surface area contributed by atoms with Crippen LogP contribution in [0.15, 0.2) is 24.3 Å². The summed E-state index contributed by atoms with van der Waals surface area (Å²) in [6.45, 7) is 5.03. The number of hydrogen-bond acceptors (Lipinski definition) is 2. The highest BCUT2D eigenvalue weighted by atomic mass is 16.5. The summed E-state index contributed by atoms with van der Waals surface area (Å²) in [5, 5.41) is 0. The molecule has 0 saturated carbocycles. The average molecular weight is 274 g/mol. The number of ketones is 1. The van der Waals surface area contributed by atoms with Gasteiger partial charge in [-0.3, -0.25) is 4.79 Å². The van der Waals surface area contributed by atoms with Crippen molar-refractivity contribution in [2.24, 2.45) is 5.92 Å². The Labute approximate surface area is 122 Å². The fourth-order valence-electron chi connectivity index (χ4n) is 3.04. The first-order valence-corrected chi connectivity index (χ1v) is 7.98. The summed E-state index contributed by atoms with van der Waals surface area (Å²) < 4.78 is 5.85. The molecule has 0 spiro atoms. The number of carbonyl (C=O) groups is 1. The predicted octanol–water partition coefficient (Wildman–Crippen LogP) is 4.48. The third-order valence-electron chi connectivity index (χ3n) is 4.33. The molecule has 0 aromatic heterocycles. The molecule has 2 heteroatoms. The number of ether oxygens (including phenoxy) is 1. The van der Waals surface area contributed by atoms with Crippen LogP contribution in [-0.4, -0.2) is 12.4 Å². The van der Waals surface area contributed by atoms with Gasteiger partial charge in [0.2, 0.25) is 0 Å². The molecular formula is C18H26O2. The van der Waals surface area contributed by atoms with Crippen molar-refractivity contribution in [1.29, 1.82) is 0 Å². The molecule has 0 amide bonds. The molecule has 0 N–H and O–H groups in total. The van der Waals surface area contributed by atoms with E-state index in [0.29, 0.717) is 12.2 Å². The Morgan fingerprint density at radius 3 is 2.90 bits per heavy atom. The second-order valence-corrected chi connectivity index (χ2v) is 5.73. The molecule has 0 radical (unpaired) electrons. The van der Waals surface area contributed by atoms with E-state index in [9.17, 15) is 4.79 Å². The van der Waals surface area contributed by atoms with Crippen molar-refractivity contribution in [1.82, 2.24) is 0 Å². The smallest absolute Gasteiger partial charge is 0.138 e. The third-order valence-corrected chi connectivity index (χ3v) is 4.33. The zero-order valence-electron chi connectivity index (χ0n) is 12.7. The first-order chi connectivity index (χ1) is 9.76. The van der Waals surface area contributed by atoms with Gasteiger partial charge in [-0.15, -0.1) is 0 Å². The second kappa shape index (κ2) is 7.58. The fourth-order valence-corrected chi connectivity index (χ4v) is 3.04. The standard InChI is InChI=1S/C18H26O2/c1-3-5-8-14(4-2)17(19)13-18-16-10-7-6-9-15(16)11-12-20-18/h6-7,9-10,14,18H,3-5,8,11-13H2,1-2H3. The summed E-state index contributed by atoms with van der Waals surface area (Å²) in [5.74, 6) is 0.593. The zero-order chi connectivity index (χ0) is 14.4. The molecule has 0 fully saturated rings. The van der Waals surface area contributed by atoms with Crippen LogP contribution in [-0.2, 0) is 16.0 Å². The lowest BCUT2D eigenvalue weighted by molar-refractivity contribution is -0.126. The maximum Gasteiger partial charge on any atom is 0.138 e. The van der Waals surface area contributed by atoms with Crippen LogP contribution in [0.4, 0.5) is 0 Å². The van der Waals surface area contributed by atoms with Gasteiger partial charge >= 0.3 is 0 Å². The maximum atomic E-state index is 12.5. The van der Waals surface area contributed by atoms with Crippen molar-refractivity contribution in [3.05, 3.63) is 35.4 Å². The Hall–Kier alpha value is -1.15. The van der Waals surface area contributed by atoms with Gasteiger partial charge in [0.25, 0.3) is 0 Å². The van der Waals surface area contributed by atoms with Crippen molar-refractivity contribution in [2.45, 2.75) is 58.5 Å². The molecule has 1 aromatic rings. The van der Waals surface area contributed by atoms with Gasteiger partial charge in [-0.2, -0.15) is 0 Å². The monoisotopic (exact) mass is 274 g/mol. The van der Waals surface area contributed by atoms with Gasteiger partial charge in [0.05, 0.1) is 12.7 Å². The topological polar surface area (TPSA) is 26.3 Å². The van der Waals surface area contributed by atoms with Crippen LogP contribution in [0.1, 0.15) is 63.2 Å². The molecule has 2 rings (SSSR count). The summed E-state index contributed by atoms with van der Waals surface area (Å²) in [7, 11) is 0. The quantitative estimate of drug-likeness (QED) is 0.733. The molecule has 1 aliphatic rings. The largest absolute Gasteiger partial charge is 0.373 e. The minimum absolute atomic E-state index is 0.0249. The molecule has 20 heavy (non-hydrogen) atoms. The minimum atomic E-state index is -0.0249. The minimum Gasteiger partial charge on any atom is -0.373 e. The van der Waals surface area contributed by atoms with Gasteiger partial charge in [-0.25, -0.2) is 0 Å². The van der Waals surface area contributed by atoms with E-state index in [1.54, 1.807) is 0 Å². The Balaban J connectivity index is 2.01. The first kappa shape index (κ1) is 15.2. The van der Waals surface area contributed by atoms with E-state index in [2.05, 4.69) is 32.0 Å². The van der Waals surface area contributed by atoms with E-state index in [1.807, 2.05) is 6.07 Å². The highest BCUT2D eigenvalue weighted by molar-refractivity contribution is 5.81. The van der Waals surface area contributed by atoms with E-state index in [0.717, 1.165) is 38.7 Å². The van der Waals surface area contributed by atoms with Gasteiger partial charge in [0.1, 0.15) is 5.78 Å². The predicted molar refractivity (Wildman–Crippen MR) is 81.8 cm³/mol. The highest BCUT2D eigenvalue weighted by Gasteiger charge is 2.25. The SMILES string of the molecule is CCCCC(CC)C(=O)CC1OCCc2ccccc21. The van der Waals surface area contributed by atoms with E-state index in [-0.39, 0.29) is 12.0 Å². The first-order valence-electron chi connectivity index (χ1n) is 7.98. The molecule has 0 bridgehead atoms. The summed E-state index contributed by atoms with van der Waals surface area (Å²) in [4.78, 5) is 12.5. The molecule has 2 nitrogen and oxygen atoms in total. The molecule has 0 saturated heterocycles. The Morgan fingerprint density at radius 2 is 2.15 bits per heavy atom. The van der Waals surface area contributed by atoms with Crippen molar-refractivity contribution in [2.75, 3.05) is 6.61 Å². The molecule has 2 unspecified atom stereocenters. The summed E-state index contributed by atoms with van der Waals surface area (Å²) in [6.07, 6.45) is 5.77.